The van der Waals surface area contributed by atoms with E-state index in [4.69, 9.17) is 14.5 Å². The van der Waals surface area contributed by atoms with E-state index >= 15 is 0 Å². The second kappa shape index (κ2) is 10.6. The van der Waals surface area contributed by atoms with E-state index in [1.807, 2.05) is 37.3 Å². The topological polar surface area (TPSA) is 65.4 Å². The van der Waals surface area contributed by atoms with Gasteiger partial charge in [0.15, 0.2) is 0 Å². The number of hydrogen-bond donors (Lipinski definition) is 1. The molecule has 0 bridgehead atoms. The first kappa shape index (κ1) is 23.8. The number of carbonyl (C=O) groups excluding carboxylic acids is 1. The van der Waals surface area contributed by atoms with Crippen molar-refractivity contribution in [2.45, 2.75) is 58.5 Å². The molecule has 0 radical (unpaired) electrons. The summed E-state index contributed by atoms with van der Waals surface area (Å²) >= 11 is 0. The minimum atomic E-state index is -0.206. The highest BCUT2D eigenvalue weighted by Crippen LogP contribution is 2.25. The van der Waals surface area contributed by atoms with Gasteiger partial charge in [0.25, 0.3) is 0 Å². The van der Waals surface area contributed by atoms with Crippen LogP contribution in [-0.2, 0) is 21.5 Å². The van der Waals surface area contributed by atoms with Gasteiger partial charge in [0, 0.05) is 13.7 Å². The molecule has 0 spiro atoms. The highest BCUT2D eigenvalue weighted by atomic mass is 16.5. The van der Waals surface area contributed by atoms with E-state index in [0.717, 1.165) is 42.0 Å². The minimum absolute atomic E-state index is 0.0403. The average molecular weight is 438 g/mol. The van der Waals surface area contributed by atoms with Crippen LogP contribution in [0.3, 0.4) is 0 Å². The standard InChI is InChI=1S/C26H35N3O3/c1-19(27-24(30)18-31-5)25-28-22-10-6-7-11-23(22)29(25)16-8-9-17-32-21-14-12-20(13-15-21)26(2,3)4/h6-7,10-15,19H,8-9,16-18H2,1-5H3,(H,27,30). The van der Waals surface area contributed by atoms with Crippen LogP contribution in [0.5, 0.6) is 5.75 Å². The van der Waals surface area contributed by atoms with Crippen molar-refractivity contribution in [3.63, 3.8) is 0 Å². The summed E-state index contributed by atoms with van der Waals surface area (Å²) in [6.45, 7) is 10.1. The van der Waals surface area contributed by atoms with Crippen LogP contribution in [0.15, 0.2) is 48.5 Å². The van der Waals surface area contributed by atoms with Gasteiger partial charge in [-0.15, -0.1) is 0 Å². The smallest absolute Gasteiger partial charge is 0.246 e. The molecule has 6 heteroatoms. The van der Waals surface area contributed by atoms with Gasteiger partial charge in [-0.3, -0.25) is 4.79 Å². The number of imidazole rings is 1. The van der Waals surface area contributed by atoms with E-state index in [0.29, 0.717) is 6.61 Å². The number of methoxy groups -OCH3 is 1. The van der Waals surface area contributed by atoms with Crippen LogP contribution in [0.25, 0.3) is 11.0 Å². The summed E-state index contributed by atoms with van der Waals surface area (Å²) in [7, 11) is 1.51. The van der Waals surface area contributed by atoms with Gasteiger partial charge in [0.05, 0.1) is 23.7 Å². The summed E-state index contributed by atoms with van der Waals surface area (Å²) in [5.41, 5.74) is 3.46. The number of hydrogen-bond acceptors (Lipinski definition) is 4. The number of aromatic nitrogens is 2. The van der Waals surface area contributed by atoms with Crippen molar-refractivity contribution < 1.29 is 14.3 Å². The first-order valence-electron chi connectivity index (χ1n) is 11.3. The zero-order chi connectivity index (χ0) is 23.1. The molecule has 1 unspecified atom stereocenters. The van der Waals surface area contributed by atoms with Gasteiger partial charge in [-0.2, -0.15) is 0 Å². The van der Waals surface area contributed by atoms with Gasteiger partial charge < -0.3 is 19.4 Å². The van der Waals surface area contributed by atoms with Crippen LogP contribution in [0.2, 0.25) is 0 Å². The van der Waals surface area contributed by atoms with Gasteiger partial charge in [0.1, 0.15) is 18.2 Å². The second-order valence-electron chi connectivity index (χ2n) is 9.16. The molecule has 172 valence electrons. The molecule has 0 aliphatic carbocycles. The Morgan fingerprint density at radius 1 is 1.09 bits per heavy atom. The van der Waals surface area contributed by atoms with E-state index in [2.05, 4.69) is 48.9 Å². The molecule has 6 nitrogen and oxygen atoms in total. The van der Waals surface area contributed by atoms with Gasteiger partial charge in [-0.05, 0) is 55.0 Å². The van der Waals surface area contributed by atoms with Crippen LogP contribution in [0.4, 0.5) is 0 Å². The van der Waals surface area contributed by atoms with Gasteiger partial charge in [-0.25, -0.2) is 4.98 Å². The third-order valence-corrected chi connectivity index (χ3v) is 5.49. The highest BCUT2D eigenvalue weighted by Gasteiger charge is 2.18. The first-order valence-corrected chi connectivity index (χ1v) is 11.3. The Morgan fingerprint density at radius 2 is 1.81 bits per heavy atom. The Hall–Kier alpha value is -2.86. The Kier molecular flexibility index (Phi) is 7.91. The molecule has 0 saturated heterocycles. The molecule has 32 heavy (non-hydrogen) atoms. The molecule has 1 heterocycles. The summed E-state index contributed by atoms with van der Waals surface area (Å²) in [4.78, 5) is 16.7. The SMILES string of the molecule is COCC(=O)NC(C)c1nc2ccccc2n1CCCCOc1ccc(C(C)(C)C)cc1. The molecular weight excluding hydrogens is 402 g/mol. The number of para-hydroxylation sites is 2. The molecule has 1 N–H and O–H groups in total. The normalized spacial score (nSPS) is 12.7. The third kappa shape index (κ3) is 6.10. The van der Waals surface area contributed by atoms with E-state index in [-0.39, 0.29) is 24.0 Å². The van der Waals surface area contributed by atoms with Crippen LogP contribution in [0, 0.1) is 0 Å². The van der Waals surface area contributed by atoms with Crippen molar-refractivity contribution in [2.24, 2.45) is 0 Å². The zero-order valence-corrected chi connectivity index (χ0v) is 19.9. The fraction of sp³-hybridized carbons (Fsp3) is 0.462. The lowest BCUT2D eigenvalue weighted by Crippen LogP contribution is -2.31. The number of nitrogens with zero attached hydrogens (tertiary/aromatic N) is 2. The molecular formula is C26H35N3O3. The van der Waals surface area contributed by atoms with Crippen LogP contribution in [0.1, 0.15) is 58.0 Å². The molecule has 1 atom stereocenters. The molecule has 0 saturated carbocycles. The summed E-state index contributed by atoms with van der Waals surface area (Å²) < 4.78 is 13.1. The van der Waals surface area contributed by atoms with Crippen LogP contribution in [-0.4, -0.2) is 35.8 Å². The molecule has 1 aromatic heterocycles. The van der Waals surface area contributed by atoms with Crippen molar-refractivity contribution in [3.8, 4) is 5.75 Å². The number of unbranched alkanes of at least 4 members (excludes halogenated alkanes) is 1. The zero-order valence-electron chi connectivity index (χ0n) is 19.9. The van der Waals surface area contributed by atoms with Crippen molar-refractivity contribution >= 4 is 16.9 Å². The largest absolute Gasteiger partial charge is 0.494 e. The second-order valence-corrected chi connectivity index (χ2v) is 9.16. The first-order chi connectivity index (χ1) is 15.3. The molecule has 3 aromatic rings. The highest BCUT2D eigenvalue weighted by molar-refractivity contribution is 5.78. The number of carbonyl (C=O) groups is 1. The summed E-state index contributed by atoms with van der Waals surface area (Å²) in [5.74, 6) is 1.61. The Morgan fingerprint density at radius 3 is 2.50 bits per heavy atom. The maximum atomic E-state index is 12.0. The lowest BCUT2D eigenvalue weighted by molar-refractivity contribution is -0.125. The Balaban J connectivity index is 1.59. The van der Waals surface area contributed by atoms with Gasteiger partial charge >= 0.3 is 0 Å². The molecule has 3 rings (SSSR count). The number of fused-ring (bicyclic) bond motifs is 1. The van der Waals surface area contributed by atoms with Crippen molar-refractivity contribution in [2.75, 3.05) is 20.3 Å². The maximum Gasteiger partial charge on any atom is 0.246 e. The lowest BCUT2D eigenvalue weighted by Gasteiger charge is -2.19. The van der Waals surface area contributed by atoms with Gasteiger partial charge in [-0.1, -0.05) is 45.0 Å². The van der Waals surface area contributed by atoms with E-state index in [1.54, 1.807) is 0 Å². The molecule has 0 aliphatic rings. The van der Waals surface area contributed by atoms with Crippen molar-refractivity contribution in [3.05, 3.63) is 59.9 Å². The Labute approximate surface area is 190 Å². The predicted octanol–water partition coefficient (Wildman–Crippen LogP) is 5.02. The number of aryl methyl sites for hydroxylation is 1. The van der Waals surface area contributed by atoms with Crippen LogP contribution >= 0.6 is 0 Å². The van der Waals surface area contributed by atoms with E-state index in [9.17, 15) is 4.79 Å². The van der Waals surface area contributed by atoms with Crippen molar-refractivity contribution in [1.82, 2.24) is 14.9 Å². The van der Waals surface area contributed by atoms with Crippen LogP contribution < -0.4 is 10.1 Å². The van der Waals surface area contributed by atoms with E-state index < -0.39 is 0 Å². The molecule has 0 aliphatic heterocycles. The Bertz CT molecular complexity index is 1020. The van der Waals surface area contributed by atoms with Crippen molar-refractivity contribution in [1.29, 1.82) is 0 Å². The maximum absolute atomic E-state index is 12.0. The minimum Gasteiger partial charge on any atom is -0.494 e. The summed E-state index contributed by atoms with van der Waals surface area (Å²) in [6, 6.07) is 16.2. The molecule has 0 fully saturated rings. The number of benzene rings is 2. The summed E-state index contributed by atoms with van der Waals surface area (Å²) in [6.07, 6.45) is 1.88. The fourth-order valence-corrected chi connectivity index (χ4v) is 3.75. The number of ether oxygens (including phenoxy) is 2. The third-order valence-electron chi connectivity index (χ3n) is 5.49. The van der Waals surface area contributed by atoms with Gasteiger partial charge in [0.2, 0.25) is 5.91 Å². The molecule has 1 amide bonds. The number of nitrogens with one attached hydrogen (secondary N) is 1. The summed E-state index contributed by atoms with van der Waals surface area (Å²) in [5, 5.41) is 2.96. The molecule has 2 aromatic carbocycles. The quantitative estimate of drug-likeness (QED) is 0.453. The lowest BCUT2D eigenvalue weighted by atomic mass is 9.87. The predicted molar refractivity (Wildman–Crippen MR) is 128 cm³/mol. The number of rotatable bonds is 10. The monoisotopic (exact) mass is 437 g/mol. The fourth-order valence-electron chi connectivity index (χ4n) is 3.75. The number of amides is 1. The average Bonchev–Trinajstić information content (AvgIpc) is 3.12. The van der Waals surface area contributed by atoms with E-state index in [1.165, 1.54) is 12.7 Å².